The molecule has 5 nitrogen and oxygen atoms in total. The second kappa shape index (κ2) is 11.4. The summed E-state index contributed by atoms with van der Waals surface area (Å²) in [7, 11) is 0. The molecule has 5 heteroatoms. The summed E-state index contributed by atoms with van der Waals surface area (Å²) in [5.74, 6) is 1.89. The van der Waals surface area contributed by atoms with Gasteiger partial charge in [-0.05, 0) is 47.5 Å². The minimum atomic E-state index is 0.619. The minimum Gasteiger partial charge on any atom is -0.456 e. The molecule has 3 aromatic heterocycles. The third-order valence-corrected chi connectivity index (χ3v) is 9.46. The van der Waals surface area contributed by atoms with Crippen LogP contribution >= 0.6 is 0 Å². The smallest absolute Gasteiger partial charge is 0.166 e. The summed E-state index contributed by atoms with van der Waals surface area (Å²) in [6.45, 7) is 0. The Morgan fingerprint density at radius 1 is 0.400 bits per heavy atom. The first kappa shape index (κ1) is 28.2. The van der Waals surface area contributed by atoms with Crippen molar-refractivity contribution in [3.63, 3.8) is 0 Å². The Bertz CT molecular complexity index is 2800. The van der Waals surface area contributed by atoms with Gasteiger partial charge in [-0.1, -0.05) is 133 Å². The fourth-order valence-corrected chi connectivity index (χ4v) is 7.21. The Morgan fingerprint density at radius 3 is 1.70 bits per heavy atom. The molecule has 0 aliphatic rings. The minimum absolute atomic E-state index is 0.619. The van der Waals surface area contributed by atoms with Crippen LogP contribution in [0.2, 0.25) is 0 Å². The van der Waals surface area contributed by atoms with Gasteiger partial charge < -0.3 is 8.98 Å². The summed E-state index contributed by atoms with van der Waals surface area (Å²) >= 11 is 0. The highest BCUT2D eigenvalue weighted by Gasteiger charge is 2.21. The molecule has 50 heavy (non-hydrogen) atoms. The zero-order valence-electron chi connectivity index (χ0n) is 26.9. The molecule has 0 aliphatic heterocycles. The standard InChI is InChI=1S/C45H28N4O/c1-4-14-29(15-5-1)33-21-13-25-40-41(33)37-28-32(26-27-39(37)50-40)49-38-24-11-10-20-34(38)35-22-12-23-36(42(35)49)45-47-43(30-16-6-2-7-17-30)46-44(48-45)31-18-8-3-9-19-31/h1-28H. The van der Waals surface area contributed by atoms with Crippen molar-refractivity contribution < 1.29 is 4.42 Å². The average molecular weight is 641 g/mol. The van der Waals surface area contributed by atoms with E-state index >= 15 is 0 Å². The van der Waals surface area contributed by atoms with Gasteiger partial charge in [0.25, 0.3) is 0 Å². The van der Waals surface area contributed by atoms with Crippen molar-refractivity contribution in [2.24, 2.45) is 0 Å². The largest absolute Gasteiger partial charge is 0.456 e. The molecule has 0 bridgehead atoms. The lowest BCUT2D eigenvalue weighted by Crippen LogP contribution is -2.02. The normalized spacial score (nSPS) is 11.6. The summed E-state index contributed by atoms with van der Waals surface area (Å²) in [6, 6.07) is 58.5. The van der Waals surface area contributed by atoms with Crippen molar-refractivity contribution in [1.82, 2.24) is 19.5 Å². The maximum Gasteiger partial charge on any atom is 0.166 e. The number of furan rings is 1. The summed E-state index contributed by atoms with van der Waals surface area (Å²) < 4.78 is 8.77. The Kier molecular flexibility index (Phi) is 6.42. The second-order valence-electron chi connectivity index (χ2n) is 12.4. The van der Waals surface area contributed by atoms with Gasteiger partial charge in [-0.25, -0.2) is 15.0 Å². The number of nitrogens with zero attached hydrogens (tertiary/aromatic N) is 4. The molecule has 7 aromatic carbocycles. The monoisotopic (exact) mass is 640 g/mol. The summed E-state index contributed by atoms with van der Waals surface area (Å²) in [4.78, 5) is 15.2. The van der Waals surface area contributed by atoms with Crippen molar-refractivity contribution in [3.8, 4) is 51.0 Å². The summed E-state index contributed by atoms with van der Waals surface area (Å²) in [6.07, 6.45) is 0. The molecule has 0 unspecified atom stereocenters. The van der Waals surface area contributed by atoms with E-state index in [9.17, 15) is 0 Å². The molecular weight excluding hydrogens is 613 g/mol. The molecule has 0 saturated carbocycles. The van der Waals surface area contributed by atoms with Gasteiger partial charge in [0, 0.05) is 43.9 Å². The molecule has 10 aromatic rings. The van der Waals surface area contributed by atoms with E-state index in [0.29, 0.717) is 17.5 Å². The molecule has 0 N–H and O–H groups in total. The van der Waals surface area contributed by atoms with Crippen LogP contribution in [0, 0.1) is 0 Å². The number of hydrogen-bond acceptors (Lipinski definition) is 4. The summed E-state index contributed by atoms with van der Waals surface area (Å²) in [5, 5.41) is 4.46. The van der Waals surface area contributed by atoms with Crippen molar-refractivity contribution in [2.75, 3.05) is 0 Å². The predicted octanol–water partition coefficient (Wildman–Crippen LogP) is 11.5. The first-order valence-electron chi connectivity index (χ1n) is 16.7. The van der Waals surface area contributed by atoms with Crippen LogP contribution in [0.1, 0.15) is 0 Å². The third-order valence-electron chi connectivity index (χ3n) is 9.46. The van der Waals surface area contributed by atoms with Crippen molar-refractivity contribution >= 4 is 43.7 Å². The van der Waals surface area contributed by atoms with E-state index in [1.807, 2.05) is 66.7 Å². The number of hydrogen-bond donors (Lipinski definition) is 0. The molecular formula is C45H28N4O. The van der Waals surface area contributed by atoms with Crippen molar-refractivity contribution in [1.29, 1.82) is 0 Å². The Morgan fingerprint density at radius 2 is 0.980 bits per heavy atom. The number of benzene rings is 7. The van der Waals surface area contributed by atoms with Crippen LogP contribution in [-0.4, -0.2) is 19.5 Å². The topological polar surface area (TPSA) is 56.7 Å². The molecule has 3 heterocycles. The molecule has 0 spiro atoms. The van der Waals surface area contributed by atoms with E-state index in [1.165, 1.54) is 0 Å². The SMILES string of the molecule is c1ccc(-c2nc(-c3ccccc3)nc(-c3cccc4c5ccccc5n(-c5ccc6oc7cccc(-c8ccccc8)c7c6c5)c34)n2)cc1. The fourth-order valence-electron chi connectivity index (χ4n) is 7.21. The molecule has 0 atom stereocenters. The lowest BCUT2D eigenvalue weighted by molar-refractivity contribution is 0.669. The molecule has 0 aliphatic carbocycles. The van der Waals surface area contributed by atoms with Crippen molar-refractivity contribution in [2.45, 2.75) is 0 Å². The lowest BCUT2D eigenvalue weighted by atomic mass is 9.99. The number of para-hydroxylation sites is 2. The maximum atomic E-state index is 6.43. The quantitative estimate of drug-likeness (QED) is 0.188. The van der Waals surface area contributed by atoms with Gasteiger partial charge in [-0.15, -0.1) is 0 Å². The molecule has 0 fully saturated rings. The maximum absolute atomic E-state index is 6.43. The third kappa shape index (κ3) is 4.52. The fraction of sp³-hybridized carbons (Fsp3) is 0. The van der Waals surface area contributed by atoms with Crippen LogP contribution in [0.4, 0.5) is 0 Å². The van der Waals surface area contributed by atoms with E-state index in [-0.39, 0.29) is 0 Å². The molecule has 234 valence electrons. The van der Waals surface area contributed by atoms with Crippen molar-refractivity contribution in [3.05, 3.63) is 170 Å². The van der Waals surface area contributed by atoms with Crippen LogP contribution < -0.4 is 0 Å². The zero-order valence-corrected chi connectivity index (χ0v) is 26.9. The highest BCUT2D eigenvalue weighted by molar-refractivity contribution is 6.15. The van der Waals surface area contributed by atoms with E-state index in [2.05, 4.69) is 108 Å². The van der Waals surface area contributed by atoms with Gasteiger partial charge in [0.2, 0.25) is 0 Å². The van der Waals surface area contributed by atoms with Crippen LogP contribution in [0.25, 0.3) is 94.7 Å². The van der Waals surface area contributed by atoms with Crippen LogP contribution in [-0.2, 0) is 0 Å². The first-order valence-corrected chi connectivity index (χ1v) is 16.7. The van der Waals surface area contributed by atoms with Crippen LogP contribution in [0.3, 0.4) is 0 Å². The molecule has 0 saturated heterocycles. The van der Waals surface area contributed by atoms with Crippen LogP contribution in [0.15, 0.2) is 174 Å². The second-order valence-corrected chi connectivity index (χ2v) is 12.4. The van der Waals surface area contributed by atoms with Gasteiger partial charge in [0.15, 0.2) is 17.5 Å². The first-order chi connectivity index (χ1) is 24.8. The zero-order chi connectivity index (χ0) is 33.0. The average Bonchev–Trinajstić information content (AvgIpc) is 3.74. The highest BCUT2D eigenvalue weighted by atomic mass is 16.3. The predicted molar refractivity (Wildman–Crippen MR) is 203 cm³/mol. The van der Waals surface area contributed by atoms with Gasteiger partial charge >= 0.3 is 0 Å². The highest BCUT2D eigenvalue weighted by Crippen LogP contribution is 2.41. The van der Waals surface area contributed by atoms with E-state index in [4.69, 9.17) is 19.4 Å². The van der Waals surface area contributed by atoms with Crippen LogP contribution in [0.5, 0.6) is 0 Å². The van der Waals surface area contributed by atoms with E-state index in [1.54, 1.807) is 0 Å². The lowest BCUT2D eigenvalue weighted by Gasteiger charge is -2.13. The van der Waals surface area contributed by atoms with Gasteiger partial charge in [-0.2, -0.15) is 0 Å². The number of rotatable bonds is 5. The van der Waals surface area contributed by atoms with E-state index in [0.717, 1.165) is 77.2 Å². The Hall–Kier alpha value is -6.85. The number of aromatic nitrogens is 4. The van der Waals surface area contributed by atoms with Gasteiger partial charge in [0.1, 0.15) is 11.2 Å². The van der Waals surface area contributed by atoms with E-state index < -0.39 is 0 Å². The molecule has 10 rings (SSSR count). The Balaban J connectivity index is 1.27. The molecule has 0 radical (unpaired) electrons. The van der Waals surface area contributed by atoms with Gasteiger partial charge in [0.05, 0.1) is 11.0 Å². The van der Waals surface area contributed by atoms with Gasteiger partial charge in [-0.3, -0.25) is 0 Å². The molecule has 0 amide bonds. The number of fused-ring (bicyclic) bond motifs is 6. The Labute approximate surface area is 287 Å². The summed E-state index contributed by atoms with van der Waals surface area (Å²) in [5.41, 5.74) is 10.00.